The zero-order valence-corrected chi connectivity index (χ0v) is 17.9. The van der Waals surface area contributed by atoms with Gasteiger partial charge in [0.15, 0.2) is 0 Å². The molecule has 1 aliphatic carbocycles. The van der Waals surface area contributed by atoms with Crippen molar-refractivity contribution in [1.29, 1.82) is 5.41 Å². The summed E-state index contributed by atoms with van der Waals surface area (Å²) in [4.78, 5) is 0. The van der Waals surface area contributed by atoms with Gasteiger partial charge in [0.1, 0.15) is 5.82 Å². The Labute approximate surface area is 178 Å². The van der Waals surface area contributed by atoms with Crippen LogP contribution in [0.25, 0.3) is 0 Å². The zero-order valence-electron chi connectivity index (χ0n) is 17.9. The number of ether oxygens (including phenoxy) is 1. The van der Waals surface area contributed by atoms with Crippen LogP contribution in [-0.4, -0.2) is 18.9 Å². The number of nitrogens with one attached hydrogen (secondary N) is 2. The van der Waals surface area contributed by atoms with Crippen molar-refractivity contribution in [2.45, 2.75) is 44.9 Å². The molecule has 2 N–H and O–H groups in total. The summed E-state index contributed by atoms with van der Waals surface area (Å²) in [6, 6.07) is 12.7. The van der Waals surface area contributed by atoms with Gasteiger partial charge < -0.3 is 15.5 Å². The normalized spacial score (nSPS) is 26.8. The number of benzene rings is 2. The second-order valence-corrected chi connectivity index (χ2v) is 9.23. The van der Waals surface area contributed by atoms with Gasteiger partial charge in [-0.05, 0) is 80.0 Å². The molecule has 4 rings (SSSR count). The molecule has 2 aromatic carbocycles. The molecule has 2 fully saturated rings. The molecule has 1 heterocycles. The Morgan fingerprint density at radius 3 is 2.63 bits per heavy atom. The molecule has 0 bridgehead atoms. The average molecular weight is 407 g/mol. The largest absolute Gasteiger partial charge is 0.381 e. The molecule has 0 amide bonds. The molecule has 2 aliphatic rings. The van der Waals surface area contributed by atoms with Crippen LogP contribution in [-0.2, 0) is 10.2 Å². The van der Waals surface area contributed by atoms with Crippen LogP contribution in [0.3, 0.4) is 0 Å². The number of allylic oxidation sites excluding steroid dienone is 1. The molecule has 3 atom stereocenters. The molecule has 4 heteroatoms. The Morgan fingerprint density at radius 1 is 1.20 bits per heavy atom. The first-order valence-electron chi connectivity index (χ1n) is 10.8. The molecule has 3 nitrogen and oxygen atoms in total. The first-order valence-corrected chi connectivity index (χ1v) is 10.8. The number of rotatable bonds is 5. The topological polar surface area (TPSA) is 45.1 Å². The van der Waals surface area contributed by atoms with Crippen molar-refractivity contribution in [2.24, 2.45) is 11.8 Å². The van der Waals surface area contributed by atoms with Gasteiger partial charge in [-0.1, -0.05) is 31.2 Å². The van der Waals surface area contributed by atoms with Gasteiger partial charge in [-0.15, -0.1) is 0 Å². The van der Waals surface area contributed by atoms with E-state index >= 15 is 0 Å². The number of halogens is 1. The second kappa shape index (κ2) is 8.35. The van der Waals surface area contributed by atoms with Gasteiger partial charge in [0, 0.05) is 41.6 Å². The molecular formula is C26H31FN2O. The molecule has 2 aromatic rings. The summed E-state index contributed by atoms with van der Waals surface area (Å²) in [6.07, 6.45) is 3.75. The monoisotopic (exact) mass is 406 g/mol. The van der Waals surface area contributed by atoms with E-state index in [0.29, 0.717) is 5.92 Å². The Balaban J connectivity index is 1.55. The van der Waals surface area contributed by atoms with Crippen molar-refractivity contribution < 1.29 is 9.13 Å². The maximum absolute atomic E-state index is 13.2. The maximum atomic E-state index is 13.2. The first-order chi connectivity index (χ1) is 14.4. The molecule has 0 radical (unpaired) electrons. The van der Waals surface area contributed by atoms with Crippen molar-refractivity contribution in [3.63, 3.8) is 0 Å². The summed E-state index contributed by atoms with van der Waals surface area (Å²) >= 11 is 0. The van der Waals surface area contributed by atoms with Gasteiger partial charge in [-0.2, -0.15) is 0 Å². The molecule has 0 aromatic heterocycles. The van der Waals surface area contributed by atoms with E-state index in [2.05, 4.69) is 43.9 Å². The van der Waals surface area contributed by atoms with Crippen LogP contribution in [0.1, 0.15) is 43.7 Å². The van der Waals surface area contributed by atoms with Gasteiger partial charge in [-0.3, -0.25) is 0 Å². The van der Waals surface area contributed by atoms with Crippen LogP contribution in [0.5, 0.6) is 0 Å². The molecule has 1 saturated heterocycles. The molecule has 0 spiro atoms. The highest BCUT2D eigenvalue weighted by Gasteiger charge is 2.40. The van der Waals surface area contributed by atoms with Gasteiger partial charge in [0.25, 0.3) is 0 Å². The highest BCUT2D eigenvalue weighted by atomic mass is 19.1. The number of hydrogen-bond acceptors (Lipinski definition) is 3. The van der Waals surface area contributed by atoms with Crippen molar-refractivity contribution >= 4 is 17.1 Å². The molecule has 30 heavy (non-hydrogen) atoms. The minimum absolute atomic E-state index is 0.137. The molecular weight excluding hydrogens is 375 g/mol. The van der Waals surface area contributed by atoms with Crippen LogP contribution in [0.2, 0.25) is 0 Å². The predicted octanol–water partition coefficient (Wildman–Crippen LogP) is 6.55. The van der Waals surface area contributed by atoms with E-state index in [1.807, 2.05) is 0 Å². The fourth-order valence-electron chi connectivity index (χ4n) is 5.19. The van der Waals surface area contributed by atoms with Gasteiger partial charge in [-0.25, -0.2) is 4.39 Å². The Kier molecular flexibility index (Phi) is 5.79. The van der Waals surface area contributed by atoms with E-state index < -0.39 is 0 Å². The highest BCUT2D eigenvalue weighted by molar-refractivity contribution is 5.89. The second-order valence-electron chi connectivity index (χ2n) is 9.23. The van der Waals surface area contributed by atoms with Crippen molar-refractivity contribution in [3.05, 3.63) is 71.6 Å². The highest BCUT2D eigenvalue weighted by Crippen LogP contribution is 2.46. The minimum Gasteiger partial charge on any atom is -0.381 e. The summed E-state index contributed by atoms with van der Waals surface area (Å²) in [5, 5.41) is 12.2. The zero-order chi connectivity index (χ0) is 21.3. The Morgan fingerprint density at radius 2 is 1.97 bits per heavy atom. The van der Waals surface area contributed by atoms with Crippen molar-refractivity contribution in [2.75, 3.05) is 18.5 Å². The van der Waals surface area contributed by atoms with E-state index in [9.17, 15) is 4.39 Å². The standard InChI is InChI=1S/C26H31FN2O/c1-17-14-26(3,15-24(28)22(17)13-19-11-12-30-16-19)23-5-4-6-25(18(23)2)29-21-9-7-20(27)8-10-21/h4-10,19,22,28-29H,1,11-16H2,2-3H3/t19?,22-,26-/m1/s1. The van der Waals surface area contributed by atoms with Gasteiger partial charge in [0.2, 0.25) is 0 Å². The van der Waals surface area contributed by atoms with E-state index in [1.54, 1.807) is 12.1 Å². The summed E-state index contributed by atoms with van der Waals surface area (Å²) in [7, 11) is 0. The lowest BCUT2D eigenvalue weighted by Gasteiger charge is -2.41. The third kappa shape index (κ3) is 4.20. The third-order valence-electron chi connectivity index (χ3n) is 6.81. The number of hydrogen-bond donors (Lipinski definition) is 2. The SMILES string of the molecule is C=C1C[C@@](C)(c2cccc(Nc3ccc(F)cc3)c2C)CC(=N)[C@@H]1CC1CCOC1. The molecule has 158 valence electrons. The van der Waals surface area contributed by atoms with Crippen molar-refractivity contribution in [1.82, 2.24) is 0 Å². The predicted molar refractivity (Wildman–Crippen MR) is 121 cm³/mol. The van der Waals surface area contributed by atoms with Crippen LogP contribution in [0.15, 0.2) is 54.6 Å². The van der Waals surface area contributed by atoms with Crippen LogP contribution in [0, 0.1) is 30.0 Å². The van der Waals surface area contributed by atoms with E-state index in [4.69, 9.17) is 10.1 Å². The number of anilines is 2. The van der Waals surface area contributed by atoms with E-state index in [1.165, 1.54) is 28.8 Å². The first kappa shape index (κ1) is 20.8. The lowest BCUT2D eigenvalue weighted by atomic mass is 9.63. The maximum Gasteiger partial charge on any atom is 0.123 e. The average Bonchev–Trinajstić information content (AvgIpc) is 3.21. The minimum atomic E-state index is -0.239. The van der Waals surface area contributed by atoms with Crippen LogP contribution >= 0.6 is 0 Å². The lowest BCUT2D eigenvalue weighted by Crippen LogP contribution is -2.37. The molecule has 1 saturated carbocycles. The summed E-state index contributed by atoms with van der Waals surface area (Å²) in [6.45, 7) is 10.5. The van der Waals surface area contributed by atoms with Gasteiger partial charge >= 0.3 is 0 Å². The lowest BCUT2D eigenvalue weighted by molar-refractivity contribution is 0.182. The van der Waals surface area contributed by atoms with E-state index in [0.717, 1.165) is 56.0 Å². The smallest absolute Gasteiger partial charge is 0.123 e. The fraction of sp³-hybridized carbons (Fsp3) is 0.423. The van der Waals surface area contributed by atoms with Crippen LogP contribution < -0.4 is 5.32 Å². The fourth-order valence-corrected chi connectivity index (χ4v) is 5.19. The van der Waals surface area contributed by atoms with Crippen molar-refractivity contribution in [3.8, 4) is 0 Å². The molecule has 1 unspecified atom stereocenters. The van der Waals surface area contributed by atoms with Gasteiger partial charge in [0.05, 0.1) is 0 Å². The van der Waals surface area contributed by atoms with Crippen LogP contribution in [0.4, 0.5) is 15.8 Å². The summed E-state index contributed by atoms with van der Waals surface area (Å²) in [5.74, 6) is 0.503. The molecule has 1 aliphatic heterocycles. The summed E-state index contributed by atoms with van der Waals surface area (Å²) < 4.78 is 18.8. The van der Waals surface area contributed by atoms with E-state index in [-0.39, 0.29) is 17.2 Å². The Hall–Kier alpha value is -2.46. The Bertz CT molecular complexity index is 926. The quantitative estimate of drug-likeness (QED) is 0.553. The third-order valence-corrected chi connectivity index (χ3v) is 6.81. The summed E-state index contributed by atoms with van der Waals surface area (Å²) in [5.41, 5.74) is 6.15.